The highest BCUT2D eigenvalue weighted by Crippen LogP contribution is 2.34. The molecule has 1 N–H and O–H groups in total. The molecule has 7 heteroatoms. The first kappa shape index (κ1) is 13.0. The molecule has 1 aromatic rings. The zero-order valence-electron chi connectivity index (χ0n) is 8.03. The lowest BCUT2D eigenvalue weighted by Crippen LogP contribution is -2.28. The second kappa shape index (κ2) is 5.29. The highest BCUT2D eigenvalue weighted by Gasteiger charge is 2.41. The molecule has 0 saturated carbocycles. The van der Waals surface area contributed by atoms with E-state index in [1.165, 1.54) is 6.26 Å². The predicted molar refractivity (Wildman–Crippen MR) is 52.1 cm³/mol. The van der Waals surface area contributed by atoms with E-state index in [0.29, 0.717) is 17.5 Å². The maximum atomic E-state index is 12.4. The molecule has 0 saturated heterocycles. The van der Waals surface area contributed by atoms with Crippen molar-refractivity contribution < 1.29 is 27.5 Å². The highest BCUT2D eigenvalue weighted by atomic mass is 32.2. The molecule has 1 rings (SSSR count). The van der Waals surface area contributed by atoms with Crippen molar-refractivity contribution in [1.29, 1.82) is 0 Å². The number of halogens is 3. The van der Waals surface area contributed by atoms with Crippen LogP contribution in [0.5, 0.6) is 0 Å². The minimum absolute atomic E-state index is 0.00442. The summed E-state index contributed by atoms with van der Waals surface area (Å²) in [5.74, 6) is -1.07. The van der Waals surface area contributed by atoms with Crippen molar-refractivity contribution in [3.8, 4) is 0 Å². The van der Waals surface area contributed by atoms with E-state index in [0.717, 1.165) is 0 Å². The average Bonchev–Trinajstić information content (AvgIpc) is 2.62. The number of carboxylic acids is 1. The van der Waals surface area contributed by atoms with Crippen LogP contribution in [0.3, 0.4) is 0 Å². The summed E-state index contributed by atoms with van der Waals surface area (Å²) < 4.78 is 42.0. The molecule has 3 nitrogen and oxygen atoms in total. The first-order valence-corrected chi connectivity index (χ1v) is 5.37. The summed E-state index contributed by atoms with van der Waals surface area (Å²) in [6.07, 6.45) is -4.10. The Morgan fingerprint density at radius 3 is 2.69 bits per heavy atom. The molecule has 0 aromatic carbocycles. The van der Waals surface area contributed by atoms with E-state index in [-0.39, 0.29) is 5.75 Å². The molecule has 0 aliphatic heterocycles. The van der Waals surface area contributed by atoms with Crippen molar-refractivity contribution in [3.05, 3.63) is 24.2 Å². The van der Waals surface area contributed by atoms with E-state index in [4.69, 9.17) is 9.52 Å². The first-order valence-electron chi connectivity index (χ1n) is 4.32. The molecular weight excluding hydrogens is 245 g/mol. The number of aliphatic carboxylic acids is 1. The molecular formula is C9H9F3O3S. The van der Waals surface area contributed by atoms with Crippen molar-refractivity contribution in [2.24, 2.45) is 0 Å². The fourth-order valence-electron chi connectivity index (χ4n) is 1.01. The van der Waals surface area contributed by atoms with Crippen molar-refractivity contribution >= 4 is 17.7 Å². The van der Waals surface area contributed by atoms with E-state index >= 15 is 0 Å². The van der Waals surface area contributed by atoms with Crippen LogP contribution < -0.4 is 0 Å². The third-order valence-corrected chi connectivity index (χ3v) is 3.02. The fraction of sp³-hybridized carbons (Fsp3) is 0.444. The lowest BCUT2D eigenvalue weighted by Gasteiger charge is -2.17. The van der Waals surface area contributed by atoms with Crippen LogP contribution in [0.1, 0.15) is 12.2 Å². The van der Waals surface area contributed by atoms with Crippen LogP contribution in [0.25, 0.3) is 0 Å². The molecule has 16 heavy (non-hydrogen) atoms. The van der Waals surface area contributed by atoms with Crippen LogP contribution >= 0.6 is 11.8 Å². The maximum absolute atomic E-state index is 12.4. The Kier molecular flexibility index (Phi) is 4.28. The van der Waals surface area contributed by atoms with E-state index in [1.807, 2.05) is 0 Å². The Hall–Kier alpha value is -1.11. The van der Waals surface area contributed by atoms with Crippen LogP contribution in [0, 0.1) is 0 Å². The Morgan fingerprint density at radius 2 is 2.25 bits per heavy atom. The van der Waals surface area contributed by atoms with Gasteiger partial charge in [0, 0.05) is 0 Å². The van der Waals surface area contributed by atoms with Crippen molar-refractivity contribution in [2.45, 2.75) is 23.6 Å². The molecule has 90 valence electrons. The van der Waals surface area contributed by atoms with Gasteiger partial charge in [0.1, 0.15) is 11.0 Å². The Labute approximate surface area is 93.6 Å². The number of hydrogen-bond acceptors (Lipinski definition) is 3. The van der Waals surface area contributed by atoms with Crippen molar-refractivity contribution in [2.75, 3.05) is 0 Å². The number of carbonyl (C=O) groups is 1. The molecule has 1 atom stereocenters. The van der Waals surface area contributed by atoms with Gasteiger partial charge in [0.15, 0.2) is 0 Å². The SMILES string of the molecule is O=C(O)CC(SCc1ccco1)C(F)(F)F. The molecule has 1 unspecified atom stereocenters. The van der Waals surface area contributed by atoms with Gasteiger partial charge in [-0.25, -0.2) is 0 Å². The molecule has 0 aliphatic carbocycles. The molecule has 0 aliphatic rings. The van der Waals surface area contributed by atoms with Gasteiger partial charge in [-0.1, -0.05) is 0 Å². The molecule has 0 bridgehead atoms. The third-order valence-electron chi connectivity index (χ3n) is 1.73. The summed E-state index contributed by atoms with van der Waals surface area (Å²) in [5, 5.41) is 6.46. The third kappa shape index (κ3) is 4.18. The normalized spacial score (nSPS) is 13.7. The zero-order chi connectivity index (χ0) is 12.2. The summed E-state index contributed by atoms with van der Waals surface area (Å²) in [6, 6.07) is 3.11. The molecule has 0 amide bonds. The second-order valence-corrected chi connectivity index (χ2v) is 4.21. The maximum Gasteiger partial charge on any atom is 0.401 e. The highest BCUT2D eigenvalue weighted by molar-refractivity contribution is 7.99. The van der Waals surface area contributed by atoms with E-state index in [9.17, 15) is 18.0 Å². The van der Waals surface area contributed by atoms with Crippen LogP contribution in [-0.4, -0.2) is 22.5 Å². The predicted octanol–water partition coefficient (Wildman–Crippen LogP) is 2.92. The van der Waals surface area contributed by atoms with Gasteiger partial charge in [-0.15, -0.1) is 11.8 Å². The van der Waals surface area contributed by atoms with Crippen molar-refractivity contribution in [1.82, 2.24) is 0 Å². The number of hydrogen-bond donors (Lipinski definition) is 1. The smallest absolute Gasteiger partial charge is 0.401 e. The summed E-state index contributed by atoms with van der Waals surface area (Å²) in [4.78, 5) is 10.3. The number of furan rings is 1. The average molecular weight is 254 g/mol. The number of carboxylic acid groups (broad SMARTS) is 1. The lowest BCUT2D eigenvalue weighted by molar-refractivity contribution is -0.149. The Morgan fingerprint density at radius 1 is 1.56 bits per heavy atom. The van der Waals surface area contributed by atoms with Crippen LogP contribution in [0.2, 0.25) is 0 Å². The Bertz CT molecular complexity index is 334. The van der Waals surface area contributed by atoms with Crippen LogP contribution in [-0.2, 0) is 10.5 Å². The van der Waals surface area contributed by atoms with Crippen molar-refractivity contribution in [3.63, 3.8) is 0 Å². The van der Waals surface area contributed by atoms with Crippen LogP contribution in [0.4, 0.5) is 13.2 Å². The quantitative estimate of drug-likeness (QED) is 0.877. The van der Waals surface area contributed by atoms with E-state index < -0.39 is 23.8 Å². The van der Waals surface area contributed by atoms with E-state index in [1.54, 1.807) is 12.1 Å². The molecule has 1 heterocycles. The van der Waals surface area contributed by atoms with E-state index in [2.05, 4.69) is 0 Å². The fourth-order valence-corrected chi connectivity index (χ4v) is 1.98. The van der Waals surface area contributed by atoms with Gasteiger partial charge in [-0.2, -0.15) is 13.2 Å². The summed E-state index contributed by atoms with van der Waals surface area (Å²) >= 11 is 0.515. The molecule has 0 spiro atoms. The van der Waals surface area contributed by atoms with Crippen LogP contribution in [0.15, 0.2) is 22.8 Å². The monoisotopic (exact) mass is 254 g/mol. The van der Waals surface area contributed by atoms with Gasteiger partial charge in [0.05, 0.1) is 18.4 Å². The number of rotatable bonds is 5. The number of alkyl halides is 3. The standard InChI is InChI=1S/C9H9F3O3S/c10-9(11,12)7(4-8(13)14)16-5-6-2-1-3-15-6/h1-3,7H,4-5H2,(H,13,14). The van der Waals surface area contributed by atoms with Gasteiger partial charge in [0.2, 0.25) is 0 Å². The van der Waals surface area contributed by atoms with Gasteiger partial charge < -0.3 is 9.52 Å². The molecule has 1 aromatic heterocycles. The zero-order valence-corrected chi connectivity index (χ0v) is 8.85. The topological polar surface area (TPSA) is 50.4 Å². The summed E-state index contributed by atoms with van der Waals surface area (Å²) in [6.45, 7) is 0. The largest absolute Gasteiger partial charge is 0.481 e. The van der Waals surface area contributed by atoms with Gasteiger partial charge in [-0.3, -0.25) is 4.79 Å². The molecule has 0 fully saturated rings. The summed E-state index contributed by atoms with van der Waals surface area (Å²) in [5.41, 5.74) is 0. The van der Waals surface area contributed by atoms with Gasteiger partial charge in [0.25, 0.3) is 0 Å². The Balaban J connectivity index is 2.54. The minimum Gasteiger partial charge on any atom is -0.481 e. The first-order chi connectivity index (χ1) is 7.39. The second-order valence-electron chi connectivity index (χ2n) is 3.02. The minimum atomic E-state index is -4.52. The summed E-state index contributed by atoms with van der Waals surface area (Å²) in [7, 11) is 0. The van der Waals surface area contributed by atoms with Gasteiger partial charge in [-0.05, 0) is 12.1 Å². The number of thioether (sulfide) groups is 1. The lowest BCUT2D eigenvalue weighted by atomic mass is 10.3. The van der Waals surface area contributed by atoms with Gasteiger partial charge >= 0.3 is 12.1 Å². The molecule has 0 radical (unpaired) electrons.